The first-order valence-corrected chi connectivity index (χ1v) is 6.30. The number of pyridine rings is 1. The number of aromatic nitrogens is 1. The predicted octanol–water partition coefficient (Wildman–Crippen LogP) is 2.40. The van der Waals surface area contributed by atoms with Crippen LogP contribution in [0.1, 0.15) is 19.5 Å². The van der Waals surface area contributed by atoms with Crippen LogP contribution in [0.15, 0.2) is 22.8 Å². The second kappa shape index (κ2) is 6.99. The van der Waals surface area contributed by atoms with Gasteiger partial charge < -0.3 is 10.1 Å². The molecule has 1 heterocycles. The van der Waals surface area contributed by atoms with Crippen molar-refractivity contribution in [2.24, 2.45) is 0 Å². The van der Waals surface area contributed by atoms with E-state index >= 15 is 0 Å². The van der Waals surface area contributed by atoms with Crippen LogP contribution < -0.4 is 5.32 Å². The molecule has 1 unspecified atom stereocenters. The number of nitrogens with zero attached hydrogens (tertiary/aromatic N) is 1. The molecular formula is C12H19BrN2O. The quantitative estimate of drug-likeness (QED) is 0.872. The standard InChI is InChI=1S/C12H19BrN2O/c1-9(2)16-8-12(14-3)6-11-5-4-10(13)7-15-11/h4-5,7,9,12,14H,6,8H2,1-3H3. The topological polar surface area (TPSA) is 34.1 Å². The molecule has 0 radical (unpaired) electrons. The molecule has 1 atom stereocenters. The zero-order chi connectivity index (χ0) is 12.0. The van der Waals surface area contributed by atoms with Gasteiger partial charge in [0.2, 0.25) is 0 Å². The summed E-state index contributed by atoms with van der Waals surface area (Å²) < 4.78 is 6.60. The molecule has 0 bridgehead atoms. The number of hydrogen-bond acceptors (Lipinski definition) is 3. The summed E-state index contributed by atoms with van der Waals surface area (Å²) in [6, 6.07) is 4.36. The zero-order valence-corrected chi connectivity index (χ0v) is 11.6. The van der Waals surface area contributed by atoms with Crippen molar-refractivity contribution in [3.05, 3.63) is 28.5 Å². The first-order valence-electron chi connectivity index (χ1n) is 5.51. The number of ether oxygens (including phenoxy) is 1. The van der Waals surface area contributed by atoms with Gasteiger partial charge in [0.15, 0.2) is 0 Å². The summed E-state index contributed by atoms with van der Waals surface area (Å²) in [5.41, 5.74) is 1.08. The van der Waals surface area contributed by atoms with Crippen LogP contribution in [0, 0.1) is 0 Å². The van der Waals surface area contributed by atoms with Crippen LogP contribution in [0.3, 0.4) is 0 Å². The van der Waals surface area contributed by atoms with Crippen molar-refractivity contribution in [1.29, 1.82) is 0 Å². The first kappa shape index (κ1) is 13.6. The number of hydrogen-bond donors (Lipinski definition) is 1. The monoisotopic (exact) mass is 286 g/mol. The minimum absolute atomic E-state index is 0.272. The van der Waals surface area contributed by atoms with Gasteiger partial charge in [0, 0.05) is 28.8 Å². The molecule has 4 heteroatoms. The zero-order valence-electron chi connectivity index (χ0n) is 10.0. The normalized spacial score (nSPS) is 13.1. The lowest BCUT2D eigenvalue weighted by Gasteiger charge is -2.17. The average Bonchev–Trinajstić information content (AvgIpc) is 2.26. The summed E-state index contributed by atoms with van der Waals surface area (Å²) in [5, 5.41) is 3.24. The number of rotatable bonds is 6. The molecule has 0 aliphatic heterocycles. The molecule has 0 aromatic carbocycles. The minimum Gasteiger partial charge on any atom is -0.377 e. The molecule has 0 amide bonds. The fraction of sp³-hybridized carbons (Fsp3) is 0.583. The van der Waals surface area contributed by atoms with E-state index in [2.05, 4.69) is 26.2 Å². The highest BCUT2D eigenvalue weighted by atomic mass is 79.9. The van der Waals surface area contributed by atoms with Crippen molar-refractivity contribution in [2.45, 2.75) is 32.4 Å². The third kappa shape index (κ3) is 5.05. The summed E-state index contributed by atoms with van der Waals surface area (Å²) >= 11 is 3.38. The molecule has 1 aromatic rings. The Morgan fingerprint density at radius 2 is 2.19 bits per heavy atom. The molecule has 0 aliphatic rings. The van der Waals surface area contributed by atoms with E-state index in [-0.39, 0.29) is 6.10 Å². The molecule has 0 aliphatic carbocycles. The van der Waals surface area contributed by atoms with Crippen molar-refractivity contribution in [2.75, 3.05) is 13.7 Å². The molecule has 0 fully saturated rings. The van der Waals surface area contributed by atoms with Crippen molar-refractivity contribution < 1.29 is 4.74 Å². The van der Waals surface area contributed by atoms with E-state index in [1.54, 1.807) is 0 Å². The van der Waals surface area contributed by atoms with Crippen LogP contribution in [0.4, 0.5) is 0 Å². The van der Waals surface area contributed by atoms with Gasteiger partial charge >= 0.3 is 0 Å². The van der Waals surface area contributed by atoms with E-state index in [9.17, 15) is 0 Å². The lowest BCUT2D eigenvalue weighted by molar-refractivity contribution is 0.0626. The SMILES string of the molecule is CNC(COC(C)C)Cc1ccc(Br)cn1. The molecule has 1 N–H and O–H groups in total. The van der Waals surface area contributed by atoms with Gasteiger partial charge in [0.25, 0.3) is 0 Å². The molecule has 0 saturated heterocycles. The Morgan fingerprint density at radius 1 is 1.44 bits per heavy atom. The highest BCUT2D eigenvalue weighted by Crippen LogP contribution is 2.09. The van der Waals surface area contributed by atoms with E-state index in [0.29, 0.717) is 12.6 Å². The van der Waals surface area contributed by atoms with Gasteiger partial charge in [-0.25, -0.2) is 0 Å². The van der Waals surface area contributed by atoms with Crippen LogP contribution in [0.2, 0.25) is 0 Å². The third-order valence-electron chi connectivity index (χ3n) is 2.28. The summed E-state index contributed by atoms with van der Waals surface area (Å²) in [5.74, 6) is 0. The molecule has 0 saturated carbocycles. The van der Waals surface area contributed by atoms with E-state index in [1.807, 2.05) is 39.2 Å². The Labute approximate surface area is 106 Å². The van der Waals surface area contributed by atoms with Gasteiger partial charge in [-0.15, -0.1) is 0 Å². The fourth-order valence-electron chi connectivity index (χ4n) is 1.33. The predicted molar refractivity (Wildman–Crippen MR) is 69.6 cm³/mol. The third-order valence-corrected chi connectivity index (χ3v) is 2.75. The van der Waals surface area contributed by atoms with Gasteiger partial charge in [0.05, 0.1) is 12.7 Å². The van der Waals surface area contributed by atoms with Gasteiger partial charge in [-0.1, -0.05) is 0 Å². The van der Waals surface area contributed by atoms with Crippen LogP contribution in [-0.4, -0.2) is 30.8 Å². The Morgan fingerprint density at radius 3 is 2.69 bits per heavy atom. The molecular weight excluding hydrogens is 268 g/mol. The summed E-state index contributed by atoms with van der Waals surface area (Å²) in [7, 11) is 1.95. The van der Waals surface area contributed by atoms with Crippen molar-refractivity contribution in [1.82, 2.24) is 10.3 Å². The summed E-state index contributed by atoms with van der Waals surface area (Å²) in [6.07, 6.45) is 2.98. The second-order valence-corrected chi connectivity index (χ2v) is 4.96. The summed E-state index contributed by atoms with van der Waals surface area (Å²) in [4.78, 5) is 4.35. The van der Waals surface area contributed by atoms with Crippen molar-refractivity contribution in [3.63, 3.8) is 0 Å². The van der Waals surface area contributed by atoms with Crippen LogP contribution in [0.5, 0.6) is 0 Å². The smallest absolute Gasteiger partial charge is 0.0626 e. The van der Waals surface area contributed by atoms with Gasteiger partial charge in [-0.3, -0.25) is 4.98 Å². The second-order valence-electron chi connectivity index (χ2n) is 4.04. The molecule has 1 aromatic heterocycles. The first-order chi connectivity index (χ1) is 7.61. The Hall–Kier alpha value is -0.450. The lowest BCUT2D eigenvalue weighted by atomic mass is 10.1. The molecule has 90 valence electrons. The Bertz CT molecular complexity index is 300. The minimum atomic E-state index is 0.272. The molecule has 0 spiro atoms. The van der Waals surface area contributed by atoms with E-state index in [0.717, 1.165) is 16.6 Å². The Kier molecular flexibility index (Phi) is 5.95. The van der Waals surface area contributed by atoms with Gasteiger partial charge in [-0.05, 0) is 49.0 Å². The van der Waals surface area contributed by atoms with Crippen molar-refractivity contribution in [3.8, 4) is 0 Å². The van der Waals surface area contributed by atoms with Crippen molar-refractivity contribution >= 4 is 15.9 Å². The van der Waals surface area contributed by atoms with Crippen LogP contribution in [-0.2, 0) is 11.2 Å². The molecule has 16 heavy (non-hydrogen) atoms. The number of likely N-dealkylation sites (N-methyl/N-ethyl adjacent to an activating group) is 1. The van der Waals surface area contributed by atoms with E-state index < -0.39 is 0 Å². The lowest BCUT2D eigenvalue weighted by Crippen LogP contribution is -2.33. The van der Waals surface area contributed by atoms with Crippen LogP contribution >= 0.6 is 15.9 Å². The maximum absolute atomic E-state index is 5.59. The van der Waals surface area contributed by atoms with E-state index in [4.69, 9.17) is 4.74 Å². The highest BCUT2D eigenvalue weighted by molar-refractivity contribution is 9.10. The number of nitrogens with one attached hydrogen (secondary N) is 1. The molecule has 3 nitrogen and oxygen atoms in total. The molecule has 1 rings (SSSR count). The summed E-state index contributed by atoms with van der Waals surface area (Å²) in [6.45, 7) is 4.81. The van der Waals surface area contributed by atoms with Gasteiger partial charge in [0.1, 0.15) is 0 Å². The highest BCUT2D eigenvalue weighted by Gasteiger charge is 2.09. The maximum atomic E-state index is 5.59. The van der Waals surface area contributed by atoms with Gasteiger partial charge in [-0.2, -0.15) is 0 Å². The van der Waals surface area contributed by atoms with Crippen LogP contribution in [0.25, 0.3) is 0 Å². The maximum Gasteiger partial charge on any atom is 0.0626 e. The Balaban J connectivity index is 2.46. The largest absolute Gasteiger partial charge is 0.377 e. The van der Waals surface area contributed by atoms with E-state index in [1.165, 1.54) is 0 Å². The average molecular weight is 287 g/mol. The number of halogens is 1. The fourth-order valence-corrected chi connectivity index (χ4v) is 1.57.